The van der Waals surface area contributed by atoms with E-state index in [4.69, 9.17) is 9.15 Å². The number of sulfonamides is 1. The quantitative estimate of drug-likeness (QED) is 0.492. The number of hydrogen-bond acceptors (Lipinski definition) is 6. The molecule has 2 N–H and O–H groups in total. The Kier molecular flexibility index (Phi) is 5.24. The van der Waals surface area contributed by atoms with E-state index in [0.29, 0.717) is 17.7 Å². The predicted octanol–water partition coefficient (Wildman–Crippen LogP) is 1.82. The molecule has 2 aromatic carbocycles. The van der Waals surface area contributed by atoms with Gasteiger partial charge in [-0.15, -0.1) is 4.83 Å². The first-order valence-corrected chi connectivity index (χ1v) is 9.47. The van der Waals surface area contributed by atoms with Gasteiger partial charge in [0.1, 0.15) is 16.9 Å². The first-order chi connectivity index (χ1) is 12.9. The van der Waals surface area contributed by atoms with Crippen LogP contribution in [0.5, 0.6) is 5.75 Å². The van der Waals surface area contributed by atoms with Gasteiger partial charge >= 0.3 is 5.63 Å². The molecule has 0 bridgehead atoms. The molecule has 3 aromatic rings. The summed E-state index contributed by atoms with van der Waals surface area (Å²) in [6, 6.07) is 13.7. The second-order valence-electron chi connectivity index (χ2n) is 5.45. The van der Waals surface area contributed by atoms with Crippen LogP contribution in [0.15, 0.2) is 68.7 Å². The summed E-state index contributed by atoms with van der Waals surface area (Å²) in [4.78, 5) is 26.2. The van der Waals surface area contributed by atoms with Crippen LogP contribution in [0.1, 0.15) is 17.3 Å². The highest BCUT2D eigenvalue weighted by Crippen LogP contribution is 2.20. The predicted molar refractivity (Wildman–Crippen MR) is 97.9 cm³/mol. The lowest BCUT2D eigenvalue weighted by Gasteiger charge is -2.08. The third-order valence-corrected chi connectivity index (χ3v) is 4.88. The Bertz CT molecular complexity index is 1140. The van der Waals surface area contributed by atoms with Crippen LogP contribution in [-0.2, 0) is 10.0 Å². The molecule has 0 radical (unpaired) electrons. The minimum atomic E-state index is -3.96. The van der Waals surface area contributed by atoms with Crippen LogP contribution < -0.4 is 20.6 Å². The number of fused-ring (bicyclic) bond motifs is 1. The molecule has 1 aromatic heterocycles. The lowest BCUT2D eigenvalue weighted by molar-refractivity contribution is 0.0941. The highest BCUT2D eigenvalue weighted by molar-refractivity contribution is 7.89. The van der Waals surface area contributed by atoms with E-state index in [9.17, 15) is 18.0 Å². The number of hydrazine groups is 1. The zero-order chi connectivity index (χ0) is 19.4. The lowest BCUT2D eigenvalue weighted by Crippen LogP contribution is -2.42. The zero-order valence-electron chi connectivity index (χ0n) is 14.3. The topological polar surface area (TPSA) is 115 Å². The van der Waals surface area contributed by atoms with Gasteiger partial charge in [0.05, 0.1) is 11.5 Å². The van der Waals surface area contributed by atoms with Crippen molar-refractivity contribution < 1.29 is 22.4 Å². The van der Waals surface area contributed by atoms with Gasteiger partial charge in [0.25, 0.3) is 15.9 Å². The Morgan fingerprint density at radius 1 is 1.11 bits per heavy atom. The van der Waals surface area contributed by atoms with Crippen molar-refractivity contribution in [1.82, 2.24) is 10.3 Å². The van der Waals surface area contributed by atoms with Crippen LogP contribution in [0.25, 0.3) is 11.0 Å². The molecule has 0 unspecified atom stereocenters. The molecule has 0 fully saturated rings. The molecule has 9 heteroatoms. The summed E-state index contributed by atoms with van der Waals surface area (Å²) in [7, 11) is -3.96. The van der Waals surface area contributed by atoms with Gasteiger partial charge < -0.3 is 9.15 Å². The zero-order valence-corrected chi connectivity index (χ0v) is 15.1. The number of ether oxygens (including phenoxy) is 1. The fourth-order valence-corrected chi connectivity index (χ4v) is 3.21. The van der Waals surface area contributed by atoms with Gasteiger partial charge in [-0.2, -0.15) is 0 Å². The minimum Gasteiger partial charge on any atom is -0.494 e. The second kappa shape index (κ2) is 7.60. The van der Waals surface area contributed by atoms with Crippen molar-refractivity contribution >= 4 is 26.9 Å². The highest BCUT2D eigenvalue weighted by atomic mass is 32.2. The van der Waals surface area contributed by atoms with Crippen LogP contribution in [0, 0.1) is 0 Å². The number of carbonyl (C=O) groups is 1. The molecule has 140 valence electrons. The number of carbonyl (C=O) groups excluding carboxylic acids is 1. The molecule has 0 aliphatic carbocycles. The van der Waals surface area contributed by atoms with Gasteiger partial charge in [0, 0.05) is 11.5 Å². The largest absolute Gasteiger partial charge is 0.494 e. The molecule has 0 saturated heterocycles. The SMILES string of the molecule is CCOc1ccc2cc(C(=O)NNS(=O)(=O)c3ccccc3)c(=O)oc2c1. The third-order valence-electron chi connectivity index (χ3n) is 3.62. The maximum atomic E-state index is 12.2. The number of nitrogens with one attached hydrogen (secondary N) is 2. The average Bonchev–Trinajstić information content (AvgIpc) is 2.66. The number of hydrogen-bond donors (Lipinski definition) is 2. The first-order valence-electron chi connectivity index (χ1n) is 7.98. The van der Waals surface area contributed by atoms with E-state index < -0.39 is 21.6 Å². The summed E-state index contributed by atoms with van der Waals surface area (Å²) in [5.74, 6) is -0.403. The fourth-order valence-electron chi connectivity index (χ4n) is 2.35. The average molecular weight is 388 g/mol. The Morgan fingerprint density at radius 3 is 2.56 bits per heavy atom. The summed E-state index contributed by atoms with van der Waals surface area (Å²) in [5.41, 5.74) is 1.04. The van der Waals surface area contributed by atoms with E-state index in [1.807, 2.05) is 17.2 Å². The van der Waals surface area contributed by atoms with Gasteiger partial charge in [-0.05, 0) is 37.3 Å². The number of amides is 1. The molecule has 0 aliphatic rings. The van der Waals surface area contributed by atoms with Crippen LogP contribution in [-0.4, -0.2) is 20.9 Å². The first kappa shape index (κ1) is 18.6. The molecule has 27 heavy (non-hydrogen) atoms. The summed E-state index contributed by atoms with van der Waals surface area (Å²) in [5, 5.41) is 0.495. The van der Waals surface area contributed by atoms with Crippen LogP contribution in [0.3, 0.4) is 0 Å². The van der Waals surface area contributed by atoms with Gasteiger partial charge in [-0.3, -0.25) is 10.2 Å². The molecule has 0 aliphatic heterocycles. The summed E-state index contributed by atoms with van der Waals surface area (Å²) in [6.07, 6.45) is 0. The lowest BCUT2D eigenvalue weighted by atomic mass is 10.1. The van der Waals surface area contributed by atoms with E-state index in [0.717, 1.165) is 0 Å². The molecule has 0 atom stereocenters. The van der Waals surface area contributed by atoms with Crippen molar-refractivity contribution in [3.8, 4) is 5.75 Å². The Labute approximate surface area is 154 Å². The van der Waals surface area contributed by atoms with E-state index in [2.05, 4.69) is 0 Å². The van der Waals surface area contributed by atoms with Gasteiger partial charge in [0.15, 0.2) is 0 Å². The van der Waals surface area contributed by atoms with Crippen molar-refractivity contribution in [3.63, 3.8) is 0 Å². The van der Waals surface area contributed by atoms with E-state index >= 15 is 0 Å². The third kappa shape index (κ3) is 4.15. The molecule has 8 nitrogen and oxygen atoms in total. The van der Waals surface area contributed by atoms with Gasteiger partial charge in [-0.1, -0.05) is 18.2 Å². The maximum Gasteiger partial charge on any atom is 0.349 e. The normalized spacial score (nSPS) is 11.3. The van der Waals surface area contributed by atoms with Crippen molar-refractivity contribution in [2.75, 3.05) is 6.61 Å². The monoisotopic (exact) mass is 388 g/mol. The van der Waals surface area contributed by atoms with Gasteiger partial charge in [-0.25, -0.2) is 13.2 Å². The molecule has 1 amide bonds. The molecule has 1 heterocycles. The van der Waals surface area contributed by atoms with E-state index in [1.54, 1.807) is 36.4 Å². The molecular formula is C18H16N2O6S. The Balaban J connectivity index is 1.82. The molecular weight excluding hydrogens is 372 g/mol. The summed E-state index contributed by atoms with van der Waals surface area (Å²) < 4.78 is 34.7. The number of rotatable bonds is 6. The molecule has 0 saturated carbocycles. The van der Waals surface area contributed by atoms with Crippen LogP contribution in [0.2, 0.25) is 0 Å². The van der Waals surface area contributed by atoms with Crippen molar-refractivity contribution in [2.24, 2.45) is 0 Å². The summed E-state index contributed by atoms with van der Waals surface area (Å²) >= 11 is 0. The molecule has 3 rings (SSSR count). The Morgan fingerprint density at radius 2 is 1.85 bits per heavy atom. The fraction of sp³-hybridized carbons (Fsp3) is 0.111. The van der Waals surface area contributed by atoms with E-state index in [1.165, 1.54) is 18.2 Å². The van der Waals surface area contributed by atoms with Crippen LogP contribution >= 0.6 is 0 Å². The summed E-state index contributed by atoms with van der Waals surface area (Å²) in [6.45, 7) is 2.28. The van der Waals surface area contributed by atoms with E-state index in [-0.39, 0.29) is 16.0 Å². The Hall–Kier alpha value is -3.17. The highest BCUT2D eigenvalue weighted by Gasteiger charge is 2.18. The van der Waals surface area contributed by atoms with Crippen molar-refractivity contribution in [1.29, 1.82) is 0 Å². The smallest absolute Gasteiger partial charge is 0.349 e. The van der Waals surface area contributed by atoms with Crippen molar-refractivity contribution in [2.45, 2.75) is 11.8 Å². The van der Waals surface area contributed by atoms with Crippen molar-refractivity contribution in [3.05, 3.63) is 70.6 Å². The second-order valence-corrected chi connectivity index (χ2v) is 7.14. The molecule has 0 spiro atoms. The maximum absolute atomic E-state index is 12.2. The standard InChI is InChI=1S/C18H16N2O6S/c1-2-25-13-9-8-12-10-15(18(22)26-16(12)11-13)17(21)19-20-27(23,24)14-6-4-3-5-7-14/h3-11,20H,2H2,1H3,(H,19,21). The number of benzene rings is 2. The minimum absolute atomic E-state index is 0.0284. The van der Waals surface area contributed by atoms with Crippen LogP contribution in [0.4, 0.5) is 0 Å². The van der Waals surface area contributed by atoms with Gasteiger partial charge in [0.2, 0.25) is 0 Å².